The minimum atomic E-state index is -0.745. The zero-order valence-corrected chi connectivity index (χ0v) is 13.0. The molecule has 1 unspecified atom stereocenters. The van der Waals surface area contributed by atoms with Crippen molar-refractivity contribution in [3.8, 4) is 0 Å². The fraction of sp³-hybridized carbons (Fsp3) is 0.556. The van der Waals surface area contributed by atoms with Gasteiger partial charge in [-0.25, -0.2) is 0 Å². The summed E-state index contributed by atoms with van der Waals surface area (Å²) >= 11 is 0. The number of aromatic nitrogens is 1. The summed E-state index contributed by atoms with van der Waals surface area (Å²) in [7, 11) is 0. The van der Waals surface area contributed by atoms with Crippen molar-refractivity contribution in [2.24, 2.45) is 0 Å². The predicted molar refractivity (Wildman–Crippen MR) is 86.4 cm³/mol. The third-order valence-electron chi connectivity index (χ3n) is 6.15. The van der Waals surface area contributed by atoms with E-state index in [1.165, 1.54) is 10.9 Å². The van der Waals surface area contributed by atoms with E-state index in [-0.39, 0.29) is 18.8 Å². The molecule has 2 aromatic rings. The van der Waals surface area contributed by atoms with Crippen LogP contribution in [0.4, 0.5) is 0 Å². The van der Waals surface area contributed by atoms with Crippen molar-refractivity contribution in [1.82, 2.24) is 9.88 Å². The molecule has 5 heteroatoms. The predicted octanol–water partition coefficient (Wildman–Crippen LogP) is 1.31. The van der Waals surface area contributed by atoms with Crippen LogP contribution in [-0.4, -0.2) is 58.6 Å². The Balaban J connectivity index is 1.87. The summed E-state index contributed by atoms with van der Waals surface area (Å²) in [6, 6.07) is 8.52. The van der Waals surface area contributed by atoms with Crippen LogP contribution in [0.1, 0.15) is 30.1 Å². The number of H-pyrrole nitrogens is 1. The summed E-state index contributed by atoms with van der Waals surface area (Å²) in [5.41, 5.74) is 2.54. The molecule has 3 N–H and O–H groups in total. The summed E-state index contributed by atoms with van der Waals surface area (Å²) < 4.78 is 6.21. The zero-order chi connectivity index (χ0) is 15.6. The first-order chi connectivity index (χ1) is 11.2. The molecule has 0 aliphatic carbocycles. The minimum absolute atomic E-state index is 0.104. The number of aliphatic hydroxyl groups is 2. The van der Waals surface area contributed by atoms with E-state index in [0.29, 0.717) is 13.0 Å². The highest BCUT2D eigenvalue weighted by atomic mass is 16.5. The van der Waals surface area contributed by atoms with Gasteiger partial charge in [-0.15, -0.1) is 0 Å². The molecule has 3 aliphatic rings. The van der Waals surface area contributed by atoms with Gasteiger partial charge in [0.05, 0.1) is 36.9 Å². The van der Waals surface area contributed by atoms with Gasteiger partial charge in [-0.1, -0.05) is 18.2 Å². The molecule has 23 heavy (non-hydrogen) atoms. The van der Waals surface area contributed by atoms with Gasteiger partial charge in [-0.2, -0.15) is 0 Å². The standard InChI is InChI=1S/C18H22N2O3/c21-9-18-10-23-13-5-7-20(8-6-14(18)22)16(13)15-11-3-1-2-4-12(11)19-17(15)18/h1-4,13-14,16,19,21-22H,5-10H2/t13-,14+,16?,18-/m1/s1. The number of nitrogens with zero attached hydrogens (tertiary/aromatic N) is 1. The number of rotatable bonds is 1. The molecule has 1 fully saturated rings. The molecule has 1 aromatic carbocycles. The van der Waals surface area contributed by atoms with E-state index in [9.17, 15) is 10.2 Å². The highest BCUT2D eigenvalue weighted by Crippen LogP contribution is 2.49. The Bertz CT molecular complexity index is 758. The molecule has 4 atom stereocenters. The number of ether oxygens (including phenoxy) is 1. The largest absolute Gasteiger partial charge is 0.395 e. The average Bonchev–Trinajstić information content (AvgIpc) is 3.11. The Morgan fingerprint density at radius 3 is 2.96 bits per heavy atom. The normalized spacial score (nSPS) is 36.7. The molecular weight excluding hydrogens is 292 g/mol. The first-order valence-electron chi connectivity index (χ1n) is 8.50. The van der Waals surface area contributed by atoms with E-state index in [0.717, 1.165) is 30.7 Å². The van der Waals surface area contributed by atoms with Gasteiger partial charge in [-0.3, -0.25) is 4.90 Å². The smallest absolute Gasteiger partial charge is 0.0830 e. The number of aromatic amines is 1. The maximum Gasteiger partial charge on any atom is 0.0830 e. The van der Waals surface area contributed by atoms with E-state index in [2.05, 4.69) is 28.1 Å². The van der Waals surface area contributed by atoms with Crippen molar-refractivity contribution in [2.75, 3.05) is 26.3 Å². The van der Waals surface area contributed by atoms with Gasteiger partial charge in [0.2, 0.25) is 0 Å². The third kappa shape index (κ3) is 1.71. The van der Waals surface area contributed by atoms with Crippen LogP contribution in [0.2, 0.25) is 0 Å². The van der Waals surface area contributed by atoms with Crippen molar-refractivity contribution in [3.05, 3.63) is 35.5 Å². The van der Waals surface area contributed by atoms with Gasteiger partial charge in [0, 0.05) is 35.2 Å². The fourth-order valence-electron chi connectivity index (χ4n) is 4.87. The van der Waals surface area contributed by atoms with Crippen LogP contribution >= 0.6 is 0 Å². The molecule has 0 saturated carbocycles. The van der Waals surface area contributed by atoms with Gasteiger partial charge < -0.3 is 19.9 Å². The van der Waals surface area contributed by atoms with E-state index in [4.69, 9.17) is 4.74 Å². The molecule has 2 bridgehead atoms. The lowest BCUT2D eigenvalue weighted by Crippen LogP contribution is -2.49. The van der Waals surface area contributed by atoms with Gasteiger partial charge in [-0.05, 0) is 18.9 Å². The SMILES string of the molecule is OC[C@@]12CO[C@@H]3CCN(CC[C@@H]1O)C3c1c2[nH]c2ccccc12. The maximum atomic E-state index is 10.9. The Morgan fingerprint density at radius 1 is 1.26 bits per heavy atom. The van der Waals surface area contributed by atoms with Crippen LogP contribution in [0.25, 0.3) is 10.9 Å². The van der Waals surface area contributed by atoms with Gasteiger partial charge in [0.25, 0.3) is 0 Å². The Hall–Kier alpha value is -1.40. The summed E-state index contributed by atoms with van der Waals surface area (Å²) in [5.74, 6) is 0. The fourth-order valence-corrected chi connectivity index (χ4v) is 4.87. The van der Waals surface area contributed by atoms with Crippen LogP contribution in [0.3, 0.4) is 0 Å². The molecule has 5 rings (SSSR count). The number of hydrogen-bond acceptors (Lipinski definition) is 4. The topological polar surface area (TPSA) is 68.7 Å². The summed E-state index contributed by atoms with van der Waals surface area (Å²) in [4.78, 5) is 5.96. The average molecular weight is 314 g/mol. The highest BCUT2D eigenvalue weighted by Gasteiger charge is 2.52. The lowest BCUT2D eigenvalue weighted by atomic mass is 9.75. The second-order valence-electron chi connectivity index (χ2n) is 7.20. The molecule has 5 nitrogen and oxygen atoms in total. The third-order valence-corrected chi connectivity index (χ3v) is 6.15. The molecule has 0 spiro atoms. The van der Waals surface area contributed by atoms with Crippen molar-refractivity contribution >= 4 is 10.9 Å². The van der Waals surface area contributed by atoms with Crippen molar-refractivity contribution < 1.29 is 14.9 Å². The molecule has 3 aliphatic heterocycles. The molecule has 4 heterocycles. The lowest BCUT2D eigenvalue weighted by molar-refractivity contribution is -0.0447. The van der Waals surface area contributed by atoms with Crippen LogP contribution in [0.15, 0.2) is 24.3 Å². The quantitative estimate of drug-likeness (QED) is 0.742. The minimum Gasteiger partial charge on any atom is -0.395 e. The Labute approximate surface area is 134 Å². The van der Waals surface area contributed by atoms with Crippen LogP contribution in [-0.2, 0) is 10.2 Å². The number of fused-ring (bicyclic) bond motifs is 1. The van der Waals surface area contributed by atoms with Crippen LogP contribution < -0.4 is 0 Å². The van der Waals surface area contributed by atoms with Crippen LogP contribution in [0.5, 0.6) is 0 Å². The molecule has 1 saturated heterocycles. The summed E-state index contributed by atoms with van der Waals surface area (Å²) in [6.07, 6.45) is 1.22. The van der Waals surface area contributed by atoms with E-state index in [1.54, 1.807) is 0 Å². The lowest BCUT2D eigenvalue weighted by Gasteiger charge is -2.38. The van der Waals surface area contributed by atoms with Gasteiger partial charge in [0.1, 0.15) is 0 Å². The zero-order valence-electron chi connectivity index (χ0n) is 13.0. The van der Waals surface area contributed by atoms with Crippen LogP contribution in [0, 0.1) is 0 Å². The van der Waals surface area contributed by atoms with E-state index < -0.39 is 11.5 Å². The molecule has 0 amide bonds. The van der Waals surface area contributed by atoms with E-state index >= 15 is 0 Å². The molecule has 0 radical (unpaired) electrons. The first-order valence-corrected chi connectivity index (χ1v) is 8.50. The molecular formula is C18H22N2O3. The summed E-state index contributed by atoms with van der Waals surface area (Å²) in [6.45, 7) is 2.13. The summed E-state index contributed by atoms with van der Waals surface area (Å²) in [5, 5.41) is 22.3. The van der Waals surface area contributed by atoms with Gasteiger partial charge in [0.15, 0.2) is 0 Å². The number of hydrogen-bond donors (Lipinski definition) is 3. The number of benzene rings is 1. The second kappa shape index (κ2) is 4.80. The number of aliphatic hydroxyl groups excluding tert-OH is 2. The number of para-hydroxylation sites is 1. The first kappa shape index (κ1) is 14.0. The van der Waals surface area contributed by atoms with Crippen molar-refractivity contribution in [1.29, 1.82) is 0 Å². The Kier molecular flexibility index (Phi) is 2.92. The van der Waals surface area contributed by atoms with Gasteiger partial charge >= 0.3 is 0 Å². The number of nitrogens with one attached hydrogen (secondary N) is 1. The Morgan fingerprint density at radius 2 is 2.09 bits per heavy atom. The second-order valence-corrected chi connectivity index (χ2v) is 7.20. The highest BCUT2D eigenvalue weighted by molar-refractivity contribution is 5.86. The molecule has 122 valence electrons. The molecule has 1 aromatic heterocycles. The van der Waals surface area contributed by atoms with Crippen molar-refractivity contribution in [3.63, 3.8) is 0 Å². The monoisotopic (exact) mass is 314 g/mol. The maximum absolute atomic E-state index is 10.9. The van der Waals surface area contributed by atoms with Crippen molar-refractivity contribution in [2.45, 2.75) is 36.5 Å². The van der Waals surface area contributed by atoms with E-state index in [1.807, 2.05) is 6.07 Å².